The highest BCUT2D eigenvalue weighted by atomic mass is 16.3. The molecule has 0 amide bonds. The Balaban J connectivity index is 2.40. The Morgan fingerprint density at radius 3 is 2.73 bits per heavy atom. The molecule has 0 spiro atoms. The van der Waals surface area contributed by atoms with Gasteiger partial charge >= 0.3 is 0 Å². The minimum Gasteiger partial charge on any atom is -0.394 e. The Morgan fingerprint density at radius 2 is 2.13 bits per heavy atom. The van der Waals surface area contributed by atoms with Gasteiger partial charge in [0.2, 0.25) is 0 Å². The highest BCUT2D eigenvalue weighted by Gasteiger charge is 2.33. The SMILES string of the molecule is Cc1ccc2c(c1)NC(CO)C2C(C)C. The lowest BCUT2D eigenvalue weighted by atomic mass is 9.85. The van der Waals surface area contributed by atoms with Gasteiger partial charge in [-0.15, -0.1) is 0 Å². The van der Waals surface area contributed by atoms with Gasteiger partial charge in [0.15, 0.2) is 0 Å². The minimum atomic E-state index is 0.182. The van der Waals surface area contributed by atoms with Crippen molar-refractivity contribution in [2.75, 3.05) is 11.9 Å². The molecule has 1 heterocycles. The molecule has 2 nitrogen and oxygen atoms in total. The zero-order valence-corrected chi connectivity index (χ0v) is 9.62. The molecule has 0 saturated heterocycles. The molecule has 1 aliphatic rings. The summed E-state index contributed by atoms with van der Waals surface area (Å²) in [5, 5.41) is 12.8. The quantitative estimate of drug-likeness (QED) is 0.777. The number of aliphatic hydroxyl groups excluding tert-OH is 1. The number of nitrogens with one attached hydrogen (secondary N) is 1. The Hall–Kier alpha value is -1.02. The van der Waals surface area contributed by atoms with Gasteiger partial charge in [-0.25, -0.2) is 0 Å². The van der Waals surface area contributed by atoms with Gasteiger partial charge < -0.3 is 10.4 Å². The molecule has 15 heavy (non-hydrogen) atoms. The topological polar surface area (TPSA) is 32.3 Å². The van der Waals surface area contributed by atoms with Gasteiger partial charge in [0, 0.05) is 11.6 Å². The molecule has 0 aliphatic carbocycles. The molecule has 2 heteroatoms. The van der Waals surface area contributed by atoms with Crippen LogP contribution in [0.4, 0.5) is 5.69 Å². The lowest BCUT2D eigenvalue weighted by molar-refractivity contribution is 0.249. The maximum atomic E-state index is 9.36. The predicted octanol–water partition coefficient (Wildman–Crippen LogP) is 2.52. The predicted molar refractivity (Wildman–Crippen MR) is 63.3 cm³/mol. The Labute approximate surface area is 91.3 Å². The molecule has 0 radical (unpaired) electrons. The molecule has 82 valence electrons. The first-order chi connectivity index (χ1) is 7.13. The van der Waals surface area contributed by atoms with Crippen molar-refractivity contribution < 1.29 is 5.11 Å². The van der Waals surface area contributed by atoms with E-state index < -0.39 is 0 Å². The standard InChI is InChI=1S/C13H19NO/c1-8(2)13-10-5-4-9(3)6-11(10)14-12(13)7-15/h4-6,8,12-15H,7H2,1-3H3. The zero-order chi connectivity index (χ0) is 11.0. The number of benzene rings is 1. The fourth-order valence-corrected chi connectivity index (χ4v) is 2.57. The van der Waals surface area contributed by atoms with Crippen LogP contribution in [0.3, 0.4) is 0 Å². The van der Waals surface area contributed by atoms with Gasteiger partial charge in [-0.2, -0.15) is 0 Å². The number of aliphatic hydroxyl groups is 1. The summed E-state index contributed by atoms with van der Waals surface area (Å²) in [7, 11) is 0. The first-order valence-electron chi connectivity index (χ1n) is 5.61. The maximum absolute atomic E-state index is 9.36. The summed E-state index contributed by atoms with van der Waals surface area (Å²) in [6, 6.07) is 6.69. The van der Waals surface area contributed by atoms with E-state index in [0.29, 0.717) is 11.8 Å². The fraction of sp³-hybridized carbons (Fsp3) is 0.538. The van der Waals surface area contributed by atoms with E-state index in [1.807, 2.05) is 0 Å². The molecule has 1 aromatic rings. The second-order valence-corrected chi connectivity index (χ2v) is 4.79. The Bertz CT molecular complexity index is 360. The van der Waals surface area contributed by atoms with Gasteiger partial charge in [0.1, 0.15) is 0 Å². The highest BCUT2D eigenvalue weighted by Crippen LogP contribution is 2.40. The van der Waals surface area contributed by atoms with Gasteiger partial charge in [-0.05, 0) is 30.0 Å². The van der Waals surface area contributed by atoms with Crippen LogP contribution in [0.15, 0.2) is 18.2 Å². The van der Waals surface area contributed by atoms with Crippen molar-refractivity contribution in [1.29, 1.82) is 0 Å². The molecule has 0 saturated carbocycles. The van der Waals surface area contributed by atoms with Crippen molar-refractivity contribution in [3.63, 3.8) is 0 Å². The van der Waals surface area contributed by atoms with Crippen LogP contribution in [0, 0.1) is 12.8 Å². The van der Waals surface area contributed by atoms with E-state index in [4.69, 9.17) is 0 Å². The minimum absolute atomic E-state index is 0.182. The van der Waals surface area contributed by atoms with E-state index in [1.54, 1.807) is 0 Å². The van der Waals surface area contributed by atoms with Gasteiger partial charge in [0.05, 0.1) is 12.6 Å². The van der Waals surface area contributed by atoms with Gasteiger partial charge in [0.25, 0.3) is 0 Å². The first kappa shape index (κ1) is 10.5. The van der Waals surface area contributed by atoms with E-state index in [9.17, 15) is 5.11 Å². The molecule has 0 aromatic heterocycles. The second kappa shape index (κ2) is 3.86. The Kier molecular flexibility index (Phi) is 2.70. The number of rotatable bonds is 2. The van der Waals surface area contributed by atoms with Crippen LogP contribution in [0.2, 0.25) is 0 Å². The van der Waals surface area contributed by atoms with Gasteiger partial charge in [-0.1, -0.05) is 26.0 Å². The summed E-state index contributed by atoms with van der Waals surface area (Å²) >= 11 is 0. The number of anilines is 1. The molecule has 2 rings (SSSR count). The first-order valence-corrected chi connectivity index (χ1v) is 5.61. The average Bonchev–Trinajstić information content (AvgIpc) is 2.54. The number of hydrogen-bond acceptors (Lipinski definition) is 2. The summed E-state index contributed by atoms with van der Waals surface area (Å²) in [5.41, 5.74) is 3.82. The smallest absolute Gasteiger partial charge is 0.0638 e. The van der Waals surface area contributed by atoms with Crippen LogP contribution in [-0.2, 0) is 0 Å². The molecule has 0 fully saturated rings. The van der Waals surface area contributed by atoms with Crippen LogP contribution in [0.5, 0.6) is 0 Å². The number of fused-ring (bicyclic) bond motifs is 1. The van der Waals surface area contributed by atoms with Crippen molar-refractivity contribution in [3.8, 4) is 0 Å². The number of aryl methyl sites for hydroxylation is 1. The third-order valence-corrected chi connectivity index (χ3v) is 3.26. The largest absolute Gasteiger partial charge is 0.394 e. The van der Waals surface area contributed by atoms with Crippen LogP contribution < -0.4 is 5.32 Å². The van der Waals surface area contributed by atoms with E-state index >= 15 is 0 Å². The molecule has 2 atom stereocenters. The molecule has 2 N–H and O–H groups in total. The van der Waals surface area contributed by atoms with Crippen molar-refractivity contribution in [1.82, 2.24) is 0 Å². The van der Waals surface area contributed by atoms with E-state index in [-0.39, 0.29) is 12.6 Å². The molecule has 1 aromatic carbocycles. The van der Waals surface area contributed by atoms with E-state index in [1.165, 1.54) is 16.8 Å². The third kappa shape index (κ3) is 1.74. The van der Waals surface area contributed by atoms with Crippen molar-refractivity contribution in [2.24, 2.45) is 5.92 Å². The lowest BCUT2D eigenvalue weighted by Gasteiger charge is -2.21. The van der Waals surface area contributed by atoms with Gasteiger partial charge in [-0.3, -0.25) is 0 Å². The summed E-state index contributed by atoms with van der Waals surface area (Å²) in [5.74, 6) is 0.990. The summed E-state index contributed by atoms with van der Waals surface area (Å²) in [4.78, 5) is 0. The monoisotopic (exact) mass is 205 g/mol. The van der Waals surface area contributed by atoms with E-state index in [0.717, 1.165) is 0 Å². The molecule has 0 bridgehead atoms. The van der Waals surface area contributed by atoms with Crippen LogP contribution >= 0.6 is 0 Å². The maximum Gasteiger partial charge on any atom is 0.0638 e. The normalized spacial score (nSPS) is 24.1. The van der Waals surface area contributed by atoms with E-state index in [2.05, 4.69) is 44.3 Å². The van der Waals surface area contributed by atoms with Crippen LogP contribution in [0.1, 0.15) is 30.9 Å². The third-order valence-electron chi connectivity index (χ3n) is 3.26. The summed E-state index contributed by atoms with van der Waals surface area (Å²) < 4.78 is 0. The molecule has 1 aliphatic heterocycles. The number of hydrogen-bond donors (Lipinski definition) is 2. The van der Waals surface area contributed by atoms with Crippen molar-refractivity contribution in [3.05, 3.63) is 29.3 Å². The summed E-state index contributed by atoms with van der Waals surface area (Å²) in [6.07, 6.45) is 0. The average molecular weight is 205 g/mol. The van der Waals surface area contributed by atoms with Crippen molar-refractivity contribution in [2.45, 2.75) is 32.7 Å². The molecular weight excluding hydrogens is 186 g/mol. The molecular formula is C13H19NO. The fourth-order valence-electron chi connectivity index (χ4n) is 2.57. The van der Waals surface area contributed by atoms with Crippen molar-refractivity contribution >= 4 is 5.69 Å². The van der Waals surface area contributed by atoms with Crippen LogP contribution in [0.25, 0.3) is 0 Å². The molecule has 2 unspecified atom stereocenters. The highest BCUT2D eigenvalue weighted by molar-refractivity contribution is 5.61. The second-order valence-electron chi connectivity index (χ2n) is 4.79. The summed E-state index contributed by atoms with van der Waals surface area (Å²) in [6.45, 7) is 6.73. The Morgan fingerprint density at radius 1 is 1.40 bits per heavy atom. The van der Waals surface area contributed by atoms with Crippen LogP contribution in [-0.4, -0.2) is 17.8 Å². The lowest BCUT2D eigenvalue weighted by Crippen LogP contribution is -2.27. The zero-order valence-electron chi connectivity index (χ0n) is 9.62.